The van der Waals surface area contributed by atoms with E-state index in [0.29, 0.717) is 10.00 Å². The van der Waals surface area contributed by atoms with E-state index in [1.807, 2.05) is 11.8 Å². The van der Waals surface area contributed by atoms with Crippen molar-refractivity contribution in [3.63, 3.8) is 0 Å². The van der Waals surface area contributed by atoms with Gasteiger partial charge >= 0.3 is 0 Å². The third kappa shape index (κ3) is 7.75. The summed E-state index contributed by atoms with van der Waals surface area (Å²) >= 11 is 1.95. The zero-order valence-electron chi connectivity index (χ0n) is 13.1. The van der Waals surface area contributed by atoms with Crippen LogP contribution in [0.25, 0.3) is 0 Å². The molecular formula is C16H32OS2. The van der Waals surface area contributed by atoms with Crippen LogP contribution in [0, 0.1) is 5.41 Å². The van der Waals surface area contributed by atoms with Crippen LogP contribution in [0.2, 0.25) is 0 Å². The van der Waals surface area contributed by atoms with Gasteiger partial charge in [-0.05, 0) is 30.4 Å². The van der Waals surface area contributed by atoms with E-state index in [1.54, 1.807) is 0 Å². The summed E-state index contributed by atoms with van der Waals surface area (Å²) in [7, 11) is -0.573. The molecule has 0 N–H and O–H groups in total. The standard InChI is InChI=1S/C16H32OS2/c1-4-5-6-7-8-9-11-16(2,3)14-15-18-12-10-13-19(15)17/h15H,4-14H2,1-3H3. The monoisotopic (exact) mass is 304 g/mol. The molecule has 0 saturated carbocycles. The molecule has 19 heavy (non-hydrogen) atoms. The Bertz CT molecular complexity index is 263. The summed E-state index contributed by atoms with van der Waals surface area (Å²) in [4.78, 5) is 0. The Morgan fingerprint density at radius 3 is 2.53 bits per heavy atom. The Labute approximate surface area is 127 Å². The lowest BCUT2D eigenvalue weighted by Gasteiger charge is -2.31. The first kappa shape index (κ1) is 17.6. The molecule has 0 radical (unpaired) electrons. The lowest BCUT2D eigenvalue weighted by molar-refractivity contribution is 0.304. The van der Waals surface area contributed by atoms with E-state index in [0.717, 1.165) is 18.6 Å². The molecule has 114 valence electrons. The molecule has 1 fully saturated rings. The Kier molecular flexibility index (Phi) is 8.72. The summed E-state index contributed by atoms with van der Waals surface area (Å²) in [5.74, 6) is 2.15. The SMILES string of the molecule is CCCCCCCCC(C)(C)CC1SCCCS1=O. The van der Waals surface area contributed by atoms with Crippen LogP contribution in [-0.4, -0.2) is 20.3 Å². The van der Waals surface area contributed by atoms with Crippen molar-refractivity contribution in [2.24, 2.45) is 5.41 Å². The highest BCUT2D eigenvalue weighted by Gasteiger charge is 2.28. The maximum absolute atomic E-state index is 12.0. The van der Waals surface area contributed by atoms with Gasteiger partial charge in [-0.1, -0.05) is 59.3 Å². The van der Waals surface area contributed by atoms with Gasteiger partial charge in [-0.25, -0.2) is 0 Å². The molecule has 3 heteroatoms. The van der Waals surface area contributed by atoms with Crippen LogP contribution >= 0.6 is 11.8 Å². The van der Waals surface area contributed by atoms with Crippen LogP contribution in [0.1, 0.15) is 78.6 Å². The largest absolute Gasteiger partial charge is 0.258 e. The van der Waals surface area contributed by atoms with Crippen molar-refractivity contribution in [1.29, 1.82) is 0 Å². The van der Waals surface area contributed by atoms with Crippen molar-refractivity contribution in [3.8, 4) is 0 Å². The van der Waals surface area contributed by atoms with Crippen LogP contribution in [0.5, 0.6) is 0 Å². The average Bonchev–Trinajstić information content (AvgIpc) is 2.36. The first-order chi connectivity index (χ1) is 9.05. The topological polar surface area (TPSA) is 17.1 Å². The van der Waals surface area contributed by atoms with Crippen molar-refractivity contribution in [1.82, 2.24) is 0 Å². The third-order valence-corrected chi connectivity index (χ3v) is 7.57. The van der Waals surface area contributed by atoms with E-state index >= 15 is 0 Å². The van der Waals surface area contributed by atoms with Gasteiger partial charge in [0, 0.05) is 16.6 Å². The fourth-order valence-electron chi connectivity index (χ4n) is 2.71. The molecular weight excluding hydrogens is 272 g/mol. The molecule has 1 rings (SSSR count). The predicted octanol–water partition coefficient (Wildman–Crippen LogP) is 5.37. The highest BCUT2D eigenvalue weighted by Crippen LogP contribution is 2.36. The first-order valence-electron chi connectivity index (χ1n) is 8.04. The van der Waals surface area contributed by atoms with E-state index in [2.05, 4.69) is 20.8 Å². The van der Waals surface area contributed by atoms with Gasteiger partial charge in [-0.3, -0.25) is 4.21 Å². The summed E-state index contributed by atoms with van der Waals surface area (Å²) in [6, 6.07) is 0. The fourth-order valence-corrected chi connectivity index (χ4v) is 6.55. The number of unbranched alkanes of at least 4 members (excludes halogenated alkanes) is 5. The van der Waals surface area contributed by atoms with Crippen molar-refractivity contribution >= 4 is 22.6 Å². The molecule has 0 spiro atoms. The van der Waals surface area contributed by atoms with Gasteiger partial charge in [-0.2, -0.15) is 0 Å². The van der Waals surface area contributed by atoms with Gasteiger partial charge in [0.05, 0.1) is 4.58 Å². The number of thioether (sulfide) groups is 1. The average molecular weight is 305 g/mol. The smallest absolute Gasteiger partial charge is 0.0806 e. The highest BCUT2D eigenvalue weighted by molar-refractivity contribution is 8.11. The lowest BCUT2D eigenvalue weighted by Crippen LogP contribution is -2.27. The number of hydrogen-bond acceptors (Lipinski definition) is 2. The predicted molar refractivity (Wildman–Crippen MR) is 90.3 cm³/mol. The molecule has 1 saturated heterocycles. The summed E-state index contributed by atoms with van der Waals surface area (Å²) in [5, 5.41) is 0. The van der Waals surface area contributed by atoms with Gasteiger partial charge in [0.15, 0.2) is 0 Å². The second-order valence-corrected chi connectivity index (χ2v) is 9.97. The lowest BCUT2D eigenvalue weighted by atomic mass is 9.84. The van der Waals surface area contributed by atoms with Crippen LogP contribution in [-0.2, 0) is 10.8 Å². The van der Waals surface area contributed by atoms with Gasteiger partial charge < -0.3 is 0 Å². The molecule has 0 bridgehead atoms. The zero-order chi connectivity index (χ0) is 14.1. The molecule has 0 amide bonds. The molecule has 2 unspecified atom stereocenters. The van der Waals surface area contributed by atoms with Crippen LogP contribution < -0.4 is 0 Å². The van der Waals surface area contributed by atoms with Crippen molar-refractivity contribution < 1.29 is 4.21 Å². The number of rotatable bonds is 9. The quantitative estimate of drug-likeness (QED) is 0.533. The van der Waals surface area contributed by atoms with Crippen molar-refractivity contribution in [3.05, 3.63) is 0 Å². The Morgan fingerprint density at radius 1 is 1.16 bits per heavy atom. The molecule has 0 aromatic heterocycles. The van der Waals surface area contributed by atoms with Crippen LogP contribution in [0.15, 0.2) is 0 Å². The Balaban J connectivity index is 2.17. The second kappa shape index (κ2) is 9.44. The van der Waals surface area contributed by atoms with E-state index in [9.17, 15) is 4.21 Å². The highest BCUT2D eigenvalue weighted by atomic mass is 32.2. The van der Waals surface area contributed by atoms with Crippen LogP contribution in [0.4, 0.5) is 0 Å². The third-order valence-electron chi connectivity index (χ3n) is 4.01. The number of hydrogen-bond donors (Lipinski definition) is 0. The second-order valence-electron chi connectivity index (χ2n) is 6.62. The molecule has 0 aromatic rings. The normalized spacial score (nSPS) is 24.6. The fraction of sp³-hybridized carbons (Fsp3) is 1.00. The van der Waals surface area contributed by atoms with Gasteiger partial charge in [0.1, 0.15) is 0 Å². The molecule has 1 aliphatic rings. The summed E-state index contributed by atoms with van der Waals surface area (Å²) in [5.41, 5.74) is 0.370. The van der Waals surface area contributed by atoms with E-state index in [-0.39, 0.29) is 0 Å². The molecule has 0 aliphatic carbocycles. The van der Waals surface area contributed by atoms with Gasteiger partial charge in [-0.15, -0.1) is 11.8 Å². The summed E-state index contributed by atoms with van der Waals surface area (Å²) in [6.45, 7) is 7.00. The Morgan fingerprint density at radius 2 is 1.84 bits per heavy atom. The minimum absolute atomic E-state index is 0.370. The molecule has 1 heterocycles. The molecule has 1 nitrogen and oxygen atoms in total. The molecule has 0 aromatic carbocycles. The minimum Gasteiger partial charge on any atom is -0.258 e. The Hall–Kier alpha value is 0.500. The molecule has 1 aliphatic heterocycles. The van der Waals surface area contributed by atoms with Crippen LogP contribution in [0.3, 0.4) is 0 Å². The van der Waals surface area contributed by atoms with Crippen molar-refractivity contribution in [2.45, 2.75) is 83.1 Å². The maximum Gasteiger partial charge on any atom is 0.0806 e. The van der Waals surface area contributed by atoms with Gasteiger partial charge in [0.25, 0.3) is 0 Å². The first-order valence-corrected chi connectivity index (χ1v) is 10.5. The summed E-state index contributed by atoms with van der Waals surface area (Å²) in [6.07, 6.45) is 11.8. The van der Waals surface area contributed by atoms with Crippen molar-refractivity contribution in [2.75, 3.05) is 11.5 Å². The van der Waals surface area contributed by atoms with E-state index < -0.39 is 10.8 Å². The minimum atomic E-state index is -0.573. The zero-order valence-corrected chi connectivity index (χ0v) is 14.7. The van der Waals surface area contributed by atoms with E-state index in [1.165, 1.54) is 50.7 Å². The molecule has 2 atom stereocenters. The summed E-state index contributed by atoms with van der Waals surface area (Å²) < 4.78 is 12.4. The van der Waals surface area contributed by atoms with E-state index in [4.69, 9.17) is 0 Å². The van der Waals surface area contributed by atoms with Gasteiger partial charge in [0.2, 0.25) is 0 Å². The maximum atomic E-state index is 12.0.